The molecule has 2 nitrogen and oxygen atoms in total. The molecule has 1 rings (SSSR count). The first-order valence-electron chi connectivity index (χ1n) is 4.00. The maximum atomic E-state index is 10.0. The van der Waals surface area contributed by atoms with Gasteiger partial charge in [-0.15, -0.1) is 0 Å². The minimum absolute atomic E-state index is 0.0938. The minimum Gasteiger partial charge on any atom is -0.371 e. The molecule has 1 saturated heterocycles. The molecule has 0 bridgehead atoms. The van der Waals surface area contributed by atoms with Crippen LogP contribution in [-0.2, 0) is 9.53 Å². The van der Waals surface area contributed by atoms with Gasteiger partial charge in [-0.1, -0.05) is 13.8 Å². The van der Waals surface area contributed by atoms with Crippen LogP contribution in [0.15, 0.2) is 0 Å². The van der Waals surface area contributed by atoms with Gasteiger partial charge in [0.2, 0.25) is 0 Å². The van der Waals surface area contributed by atoms with Gasteiger partial charge in [0.1, 0.15) is 12.4 Å². The van der Waals surface area contributed by atoms with Crippen LogP contribution < -0.4 is 0 Å². The highest BCUT2D eigenvalue weighted by Crippen LogP contribution is 2.09. The van der Waals surface area contributed by atoms with Crippen LogP contribution in [-0.4, -0.2) is 19.0 Å². The van der Waals surface area contributed by atoms with Crippen molar-refractivity contribution < 1.29 is 9.53 Å². The summed E-state index contributed by atoms with van der Waals surface area (Å²) in [5, 5.41) is 0. The summed E-state index contributed by atoms with van der Waals surface area (Å²) in [7, 11) is 0. The third-order valence-corrected chi connectivity index (χ3v) is 1.37. The molecule has 1 unspecified atom stereocenters. The molecule has 0 aromatic rings. The SMILES string of the molecule is CC.O=CC1CCCCO1. The molecule has 0 saturated carbocycles. The third-order valence-electron chi connectivity index (χ3n) is 1.37. The largest absolute Gasteiger partial charge is 0.371 e. The van der Waals surface area contributed by atoms with Crippen molar-refractivity contribution in [2.45, 2.75) is 39.2 Å². The standard InChI is InChI=1S/C6H10O2.C2H6/c7-5-6-3-1-2-4-8-6;1-2/h5-6H,1-4H2;1-2H3. The second kappa shape index (κ2) is 6.75. The Morgan fingerprint density at radius 1 is 1.40 bits per heavy atom. The Labute approximate surface area is 62.6 Å². The van der Waals surface area contributed by atoms with E-state index in [1.807, 2.05) is 13.8 Å². The molecule has 60 valence electrons. The second-order valence-electron chi connectivity index (χ2n) is 2.04. The van der Waals surface area contributed by atoms with Crippen LogP contribution >= 0.6 is 0 Å². The highest BCUT2D eigenvalue weighted by atomic mass is 16.5. The Bertz CT molecular complexity index is 75.3. The van der Waals surface area contributed by atoms with E-state index in [1.54, 1.807) is 0 Å². The summed E-state index contributed by atoms with van der Waals surface area (Å²) in [5.74, 6) is 0. The van der Waals surface area contributed by atoms with Crippen molar-refractivity contribution in [3.05, 3.63) is 0 Å². The fraction of sp³-hybridized carbons (Fsp3) is 0.875. The first kappa shape index (κ1) is 9.63. The molecule has 0 amide bonds. The molecule has 1 heterocycles. The van der Waals surface area contributed by atoms with Crippen molar-refractivity contribution in [1.29, 1.82) is 0 Å². The second-order valence-corrected chi connectivity index (χ2v) is 2.04. The third kappa shape index (κ3) is 3.62. The van der Waals surface area contributed by atoms with E-state index in [4.69, 9.17) is 4.74 Å². The Morgan fingerprint density at radius 3 is 2.40 bits per heavy atom. The summed E-state index contributed by atoms with van der Waals surface area (Å²) in [4.78, 5) is 10.0. The van der Waals surface area contributed by atoms with Gasteiger partial charge in [0, 0.05) is 6.61 Å². The van der Waals surface area contributed by atoms with Crippen LogP contribution in [0.25, 0.3) is 0 Å². The molecule has 2 heteroatoms. The van der Waals surface area contributed by atoms with Gasteiger partial charge in [0.15, 0.2) is 0 Å². The molecular weight excluding hydrogens is 128 g/mol. The fourth-order valence-corrected chi connectivity index (χ4v) is 0.873. The number of ether oxygens (including phenoxy) is 1. The van der Waals surface area contributed by atoms with Crippen LogP contribution in [0.3, 0.4) is 0 Å². The zero-order valence-corrected chi connectivity index (χ0v) is 6.80. The van der Waals surface area contributed by atoms with E-state index in [0.717, 1.165) is 32.2 Å². The summed E-state index contributed by atoms with van der Waals surface area (Å²) in [6.45, 7) is 4.77. The van der Waals surface area contributed by atoms with Crippen LogP contribution in [0.5, 0.6) is 0 Å². The molecule has 1 atom stereocenters. The molecular formula is C8H16O2. The van der Waals surface area contributed by atoms with E-state index in [-0.39, 0.29) is 6.10 Å². The maximum absolute atomic E-state index is 10.0. The summed E-state index contributed by atoms with van der Waals surface area (Å²) >= 11 is 0. The fourth-order valence-electron chi connectivity index (χ4n) is 0.873. The van der Waals surface area contributed by atoms with Gasteiger partial charge in [-0.25, -0.2) is 0 Å². The number of rotatable bonds is 1. The smallest absolute Gasteiger partial charge is 0.148 e. The van der Waals surface area contributed by atoms with Crippen molar-refractivity contribution in [2.24, 2.45) is 0 Å². The quantitative estimate of drug-likeness (QED) is 0.524. The van der Waals surface area contributed by atoms with E-state index >= 15 is 0 Å². The number of hydrogen-bond acceptors (Lipinski definition) is 2. The predicted molar refractivity (Wildman–Crippen MR) is 41.0 cm³/mol. The molecule has 1 fully saturated rings. The molecule has 10 heavy (non-hydrogen) atoms. The summed E-state index contributed by atoms with van der Waals surface area (Å²) < 4.78 is 5.06. The van der Waals surface area contributed by atoms with E-state index in [9.17, 15) is 4.79 Å². The number of aldehydes is 1. The lowest BCUT2D eigenvalue weighted by molar-refractivity contribution is -0.120. The molecule has 0 aromatic carbocycles. The van der Waals surface area contributed by atoms with Crippen LogP contribution in [0, 0.1) is 0 Å². The zero-order valence-electron chi connectivity index (χ0n) is 6.80. The van der Waals surface area contributed by atoms with E-state index in [0.29, 0.717) is 0 Å². The van der Waals surface area contributed by atoms with Crippen molar-refractivity contribution >= 4 is 6.29 Å². The maximum Gasteiger partial charge on any atom is 0.148 e. The average molecular weight is 144 g/mol. The zero-order chi connectivity index (χ0) is 7.82. The van der Waals surface area contributed by atoms with Crippen LogP contribution in [0.2, 0.25) is 0 Å². The molecule has 1 aliphatic heterocycles. The van der Waals surface area contributed by atoms with Crippen LogP contribution in [0.1, 0.15) is 33.1 Å². The molecule has 0 radical (unpaired) electrons. The number of hydrogen-bond donors (Lipinski definition) is 0. The van der Waals surface area contributed by atoms with Crippen molar-refractivity contribution in [1.82, 2.24) is 0 Å². The molecule has 0 aromatic heterocycles. The van der Waals surface area contributed by atoms with Gasteiger partial charge in [-0.2, -0.15) is 0 Å². The number of carbonyl (C=O) groups excluding carboxylic acids is 1. The molecule has 1 aliphatic rings. The summed E-state index contributed by atoms with van der Waals surface area (Å²) in [6.07, 6.45) is 3.97. The summed E-state index contributed by atoms with van der Waals surface area (Å²) in [5.41, 5.74) is 0. The van der Waals surface area contributed by atoms with Gasteiger partial charge in [0.05, 0.1) is 0 Å². The topological polar surface area (TPSA) is 26.3 Å². The Morgan fingerprint density at radius 2 is 2.10 bits per heavy atom. The number of carbonyl (C=O) groups is 1. The van der Waals surface area contributed by atoms with Gasteiger partial charge in [0.25, 0.3) is 0 Å². The average Bonchev–Trinajstić information content (AvgIpc) is 2.10. The molecule has 0 spiro atoms. The van der Waals surface area contributed by atoms with E-state index in [2.05, 4.69) is 0 Å². The first-order chi connectivity index (χ1) is 4.93. The Balaban J connectivity index is 0.000000371. The first-order valence-corrected chi connectivity index (χ1v) is 4.00. The Kier molecular flexibility index (Phi) is 6.50. The highest BCUT2D eigenvalue weighted by molar-refractivity contribution is 5.55. The van der Waals surface area contributed by atoms with E-state index < -0.39 is 0 Å². The molecule has 0 N–H and O–H groups in total. The summed E-state index contributed by atoms with van der Waals surface area (Å²) in [6, 6.07) is 0. The van der Waals surface area contributed by atoms with Gasteiger partial charge >= 0.3 is 0 Å². The lowest BCUT2D eigenvalue weighted by Gasteiger charge is -2.16. The van der Waals surface area contributed by atoms with E-state index in [1.165, 1.54) is 0 Å². The highest BCUT2D eigenvalue weighted by Gasteiger charge is 2.10. The van der Waals surface area contributed by atoms with Gasteiger partial charge < -0.3 is 9.53 Å². The van der Waals surface area contributed by atoms with Crippen LogP contribution in [0.4, 0.5) is 0 Å². The minimum atomic E-state index is -0.0938. The van der Waals surface area contributed by atoms with Gasteiger partial charge in [-0.05, 0) is 19.3 Å². The predicted octanol–water partition coefficient (Wildman–Crippen LogP) is 1.78. The van der Waals surface area contributed by atoms with Gasteiger partial charge in [-0.3, -0.25) is 0 Å². The van der Waals surface area contributed by atoms with Crippen molar-refractivity contribution in [2.75, 3.05) is 6.61 Å². The van der Waals surface area contributed by atoms with Crippen molar-refractivity contribution in [3.63, 3.8) is 0 Å². The normalized spacial score (nSPS) is 24.4. The molecule has 0 aliphatic carbocycles. The lowest BCUT2D eigenvalue weighted by atomic mass is 10.1. The van der Waals surface area contributed by atoms with Crippen molar-refractivity contribution in [3.8, 4) is 0 Å². The Hall–Kier alpha value is -0.370. The monoisotopic (exact) mass is 144 g/mol. The lowest BCUT2D eigenvalue weighted by Crippen LogP contribution is -2.19.